The van der Waals surface area contributed by atoms with E-state index in [4.69, 9.17) is 5.73 Å². The van der Waals surface area contributed by atoms with E-state index in [1.165, 1.54) is 11.3 Å². The number of hydrogen-bond acceptors (Lipinski definition) is 3. The Bertz CT molecular complexity index is 803. The molecule has 0 bridgehead atoms. The number of benzene rings is 2. The third-order valence-corrected chi connectivity index (χ3v) is 4.72. The summed E-state index contributed by atoms with van der Waals surface area (Å²) in [7, 11) is 0. The van der Waals surface area contributed by atoms with Crippen molar-refractivity contribution in [2.45, 2.75) is 13.8 Å². The van der Waals surface area contributed by atoms with Crippen molar-refractivity contribution in [3.8, 4) is 0 Å². The number of thiophene rings is 1. The predicted molar refractivity (Wildman–Crippen MR) is 90.1 cm³/mol. The number of nitrogens with one attached hydrogen (secondary N) is 1. The Balaban J connectivity index is 1.95. The number of amides is 1. The Morgan fingerprint density at radius 2 is 1.90 bits per heavy atom. The fourth-order valence-corrected chi connectivity index (χ4v) is 3.28. The highest BCUT2D eigenvalue weighted by atomic mass is 32.1. The lowest BCUT2D eigenvalue weighted by Gasteiger charge is -2.12. The molecule has 0 unspecified atom stereocenters. The molecule has 3 N–H and O–H groups in total. The lowest BCUT2D eigenvalue weighted by atomic mass is 10.1. The van der Waals surface area contributed by atoms with Crippen LogP contribution in [0.4, 0.5) is 11.4 Å². The lowest BCUT2D eigenvalue weighted by Crippen LogP contribution is -2.13. The zero-order chi connectivity index (χ0) is 15.0. The summed E-state index contributed by atoms with van der Waals surface area (Å²) in [4.78, 5) is 13.2. The third kappa shape index (κ3) is 2.50. The van der Waals surface area contributed by atoms with E-state index in [0.29, 0.717) is 10.6 Å². The Morgan fingerprint density at radius 3 is 2.67 bits per heavy atom. The van der Waals surface area contributed by atoms with E-state index >= 15 is 0 Å². The van der Waals surface area contributed by atoms with E-state index in [9.17, 15) is 4.79 Å². The normalized spacial score (nSPS) is 10.8. The molecule has 2 aromatic carbocycles. The van der Waals surface area contributed by atoms with Gasteiger partial charge in [0.05, 0.1) is 4.88 Å². The molecule has 1 aromatic heterocycles. The van der Waals surface area contributed by atoms with Gasteiger partial charge >= 0.3 is 0 Å². The van der Waals surface area contributed by atoms with Crippen molar-refractivity contribution < 1.29 is 4.79 Å². The van der Waals surface area contributed by atoms with Crippen molar-refractivity contribution in [2.75, 3.05) is 11.1 Å². The first-order chi connectivity index (χ1) is 10.1. The van der Waals surface area contributed by atoms with Crippen molar-refractivity contribution in [1.29, 1.82) is 0 Å². The van der Waals surface area contributed by atoms with Crippen LogP contribution in [0.3, 0.4) is 0 Å². The summed E-state index contributed by atoms with van der Waals surface area (Å²) in [6.07, 6.45) is 0. The summed E-state index contributed by atoms with van der Waals surface area (Å²) in [6.45, 7) is 3.88. The smallest absolute Gasteiger partial charge is 0.265 e. The quantitative estimate of drug-likeness (QED) is 0.691. The highest BCUT2D eigenvalue weighted by Crippen LogP contribution is 2.29. The van der Waals surface area contributed by atoms with Crippen LogP contribution in [-0.4, -0.2) is 5.91 Å². The molecule has 0 spiro atoms. The van der Waals surface area contributed by atoms with Gasteiger partial charge in [0.2, 0.25) is 0 Å². The van der Waals surface area contributed by atoms with Crippen LogP contribution in [0.5, 0.6) is 0 Å². The maximum Gasteiger partial charge on any atom is 0.265 e. The molecule has 0 saturated heterocycles. The summed E-state index contributed by atoms with van der Waals surface area (Å²) in [6, 6.07) is 13.7. The van der Waals surface area contributed by atoms with Gasteiger partial charge in [-0.25, -0.2) is 0 Å². The first kappa shape index (κ1) is 13.6. The summed E-state index contributed by atoms with van der Waals surface area (Å²) in [5, 5.41) is 4.08. The fourth-order valence-electron chi connectivity index (χ4n) is 2.32. The number of rotatable bonds is 2. The van der Waals surface area contributed by atoms with E-state index in [0.717, 1.165) is 26.9 Å². The van der Waals surface area contributed by atoms with Gasteiger partial charge < -0.3 is 11.1 Å². The summed E-state index contributed by atoms with van der Waals surface area (Å²) < 4.78 is 1.11. The standard InChI is InChI=1S/C17H16N2OS/c1-10-7-8-13(18)11(2)16(10)19-17(20)15-9-12-5-3-4-6-14(12)21-15/h3-9H,18H2,1-2H3,(H,19,20). The van der Waals surface area contributed by atoms with E-state index in [1.54, 1.807) is 0 Å². The largest absolute Gasteiger partial charge is 0.398 e. The first-order valence-electron chi connectivity index (χ1n) is 6.72. The molecule has 0 saturated carbocycles. The number of carbonyl (C=O) groups excluding carboxylic acids is 1. The Hall–Kier alpha value is -2.33. The summed E-state index contributed by atoms with van der Waals surface area (Å²) in [5.74, 6) is -0.0898. The molecule has 0 aliphatic carbocycles. The molecule has 0 atom stereocenters. The number of nitrogens with two attached hydrogens (primary N) is 1. The predicted octanol–water partition coefficient (Wildman–Crippen LogP) is 4.35. The second-order valence-electron chi connectivity index (χ2n) is 5.07. The number of nitrogen functional groups attached to an aromatic ring is 1. The first-order valence-corrected chi connectivity index (χ1v) is 7.53. The summed E-state index contributed by atoms with van der Waals surface area (Å²) >= 11 is 1.50. The minimum absolute atomic E-state index is 0.0898. The average molecular weight is 296 g/mol. The topological polar surface area (TPSA) is 55.1 Å². The van der Waals surface area contributed by atoms with Crippen LogP contribution in [0.2, 0.25) is 0 Å². The second kappa shape index (κ2) is 5.22. The molecule has 3 nitrogen and oxygen atoms in total. The second-order valence-corrected chi connectivity index (χ2v) is 6.16. The number of aryl methyl sites for hydroxylation is 1. The molecule has 3 rings (SSSR count). The van der Waals surface area contributed by atoms with Crippen LogP contribution in [0, 0.1) is 13.8 Å². The molecule has 3 aromatic rings. The average Bonchev–Trinajstić information content (AvgIpc) is 2.91. The van der Waals surface area contributed by atoms with Crippen LogP contribution >= 0.6 is 11.3 Å². The van der Waals surface area contributed by atoms with Crippen molar-refractivity contribution in [3.05, 3.63) is 58.5 Å². The highest BCUT2D eigenvalue weighted by Gasteiger charge is 2.13. The number of anilines is 2. The molecule has 21 heavy (non-hydrogen) atoms. The van der Waals surface area contributed by atoms with Gasteiger partial charge in [-0.2, -0.15) is 0 Å². The molecule has 0 aliphatic heterocycles. The number of fused-ring (bicyclic) bond motifs is 1. The van der Waals surface area contributed by atoms with E-state index in [2.05, 4.69) is 5.32 Å². The van der Waals surface area contributed by atoms with E-state index < -0.39 is 0 Å². The van der Waals surface area contributed by atoms with Gasteiger partial charge in [-0.15, -0.1) is 11.3 Å². The molecular formula is C17H16N2OS. The molecular weight excluding hydrogens is 280 g/mol. The summed E-state index contributed by atoms with van der Waals surface area (Å²) in [5.41, 5.74) is 9.32. The minimum Gasteiger partial charge on any atom is -0.398 e. The van der Waals surface area contributed by atoms with Crippen LogP contribution < -0.4 is 11.1 Å². The van der Waals surface area contributed by atoms with Gasteiger partial charge in [-0.05, 0) is 48.6 Å². The molecule has 106 valence electrons. The van der Waals surface area contributed by atoms with Crippen LogP contribution in [0.1, 0.15) is 20.8 Å². The molecule has 4 heteroatoms. The minimum atomic E-state index is -0.0898. The molecule has 1 amide bonds. The van der Waals surface area contributed by atoms with Crippen LogP contribution in [-0.2, 0) is 0 Å². The molecule has 0 fully saturated rings. The maximum atomic E-state index is 12.5. The lowest BCUT2D eigenvalue weighted by molar-refractivity contribution is 0.103. The molecule has 1 heterocycles. The maximum absolute atomic E-state index is 12.5. The number of hydrogen-bond donors (Lipinski definition) is 2. The van der Waals surface area contributed by atoms with E-state index in [-0.39, 0.29) is 5.91 Å². The zero-order valence-electron chi connectivity index (χ0n) is 11.9. The van der Waals surface area contributed by atoms with Crippen molar-refractivity contribution >= 4 is 38.7 Å². The third-order valence-electron chi connectivity index (χ3n) is 3.60. The Labute approximate surface area is 127 Å². The van der Waals surface area contributed by atoms with Crippen molar-refractivity contribution in [2.24, 2.45) is 0 Å². The highest BCUT2D eigenvalue weighted by molar-refractivity contribution is 7.20. The van der Waals surface area contributed by atoms with Crippen molar-refractivity contribution in [1.82, 2.24) is 0 Å². The molecule has 0 aliphatic rings. The van der Waals surface area contributed by atoms with Gasteiger partial charge in [0.15, 0.2) is 0 Å². The van der Waals surface area contributed by atoms with Gasteiger partial charge in [0, 0.05) is 16.1 Å². The Kier molecular flexibility index (Phi) is 3.39. The zero-order valence-corrected chi connectivity index (χ0v) is 12.8. The van der Waals surface area contributed by atoms with Crippen molar-refractivity contribution in [3.63, 3.8) is 0 Å². The van der Waals surface area contributed by atoms with Gasteiger partial charge in [0.1, 0.15) is 0 Å². The monoisotopic (exact) mass is 296 g/mol. The SMILES string of the molecule is Cc1ccc(N)c(C)c1NC(=O)c1cc2ccccc2s1. The Morgan fingerprint density at radius 1 is 1.14 bits per heavy atom. The van der Waals surface area contributed by atoms with Gasteiger partial charge in [-0.3, -0.25) is 4.79 Å². The van der Waals surface area contributed by atoms with Gasteiger partial charge in [0.25, 0.3) is 5.91 Å². The van der Waals surface area contributed by atoms with Crippen LogP contribution in [0.15, 0.2) is 42.5 Å². The fraction of sp³-hybridized carbons (Fsp3) is 0.118. The van der Waals surface area contributed by atoms with E-state index in [1.807, 2.05) is 56.3 Å². The van der Waals surface area contributed by atoms with Crippen LogP contribution in [0.25, 0.3) is 10.1 Å². The molecule has 0 radical (unpaired) electrons. The van der Waals surface area contributed by atoms with Gasteiger partial charge in [-0.1, -0.05) is 24.3 Å². The number of carbonyl (C=O) groups is 1.